The van der Waals surface area contributed by atoms with Gasteiger partial charge in [0, 0.05) is 28.7 Å². The van der Waals surface area contributed by atoms with E-state index in [1.165, 1.54) is 0 Å². The monoisotopic (exact) mass is 333 g/mol. The van der Waals surface area contributed by atoms with Crippen LogP contribution >= 0.6 is 27.5 Å². The maximum atomic E-state index is 9.12. The first-order valence-corrected chi connectivity index (χ1v) is 7.30. The smallest absolute Gasteiger partial charge is 0.0451 e. The van der Waals surface area contributed by atoms with E-state index < -0.39 is 0 Å². The molecule has 2 N–H and O–H groups in total. The Bertz CT molecular complexity index is 390. The Labute approximate surface area is 123 Å². The predicted octanol–water partition coefficient (Wildman–Crippen LogP) is 3.99. The fourth-order valence-electron chi connectivity index (χ4n) is 1.88. The zero-order chi connectivity index (χ0) is 13.8. The van der Waals surface area contributed by atoms with Crippen molar-refractivity contribution in [2.45, 2.75) is 39.8 Å². The molecule has 1 aromatic carbocycles. The van der Waals surface area contributed by atoms with Crippen molar-refractivity contribution in [1.29, 1.82) is 0 Å². The highest BCUT2D eigenvalue weighted by Gasteiger charge is 2.23. The van der Waals surface area contributed by atoms with Crippen LogP contribution in [0.2, 0.25) is 5.02 Å². The Balaban J connectivity index is 2.70. The lowest BCUT2D eigenvalue weighted by molar-refractivity contribution is 0.196. The third kappa shape index (κ3) is 4.88. The molecule has 0 aliphatic carbocycles. The molecule has 0 saturated carbocycles. The normalized spacial score (nSPS) is 13.7. The second-order valence-corrected chi connectivity index (χ2v) is 6.87. The summed E-state index contributed by atoms with van der Waals surface area (Å²) in [5.41, 5.74) is 1.18. The van der Waals surface area contributed by atoms with Crippen molar-refractivity contribution in [2.75, 3.05) is 6.61 Å². The van der Waals surface area contributed by atoms with Crippen LogP contribution in [0.1, 0.15) is 32.8 Å². The molecule has 102 valence electrons. The fraction of sp³-hybridized carbons (Fsp3) is 0.571. The number of nitrogens with one attached hydrogen (secondary N) is 1. The van der Waals surface area contributed by atoms with Crippen LogP contribution < -0.4 is 5.32 Å². The van der Waals surface area contributed by atoms with Crippen LogP contribution in [0.4, 0.5) is 0 Å². The lowest BCUT2D eigenvalue weighted by Gasteiger charge is -2.31. The van der Waals surface area contributed by atoms with Gasteiger partial charge in [0.05, 0.1) is 0 Å². The molecule has 0 fully saturated rings. The van der Waals surface area contributed by atoms with E-state index in [2.05, 4.69) is 42.0 Å². The van der Waals surface area contributed by atoms with Crippen molar-refractivity contribution < 1.29 is 5.11 Å². The van der Waals surface area contributed by atoms with Crippen molar-refractivity contribution in [3.05, 3.63) is 33.3 Å². The van der Waals surface area contributed by atoms with E-state index in [1.807, 2.05) is 18.2 Å². The van der Waals surface area contributed by atoms with Crippen LogP contribution in [-0.4, -0.2) is 17.8 Å². The van der Waals surface area contributed by atoms with Gasteiger partial charge in [-0.25, -0.2) is 0 Å². The quantitative estimate of drug-likeness (QED) is 0.853. The lowest BCUT2D eigenvalue weighted by Crippen LogP contribution is -2.40. The molecule has 0 saturated heterocycles. The number of hydrogen-bond acceptors (Lipinski definition) is 2. The summed E-state index contributed by atoms with van der Waals surface area (Å²) in [6.07, 6.45) is 0.745. The number of aliphatic hydroxyl groups is 1. The zero-order valence-electron chi connectivity index (χ0n) is 11.1. The van der Waals surface area contributed by atoms with Gasteiger partial charge in [-0.15, -0.1) is 0 Å². The molecular weight excluding hydrogens is 314 g/mol. The minimum absolute atomic E-state index is 0.112. The summed E-state index contributed by atoms with van der Waals surface area (Å²) >= 11 is 9.61. The Morgan fingerprint density at radius 3 is 2.61 bits per heavy atom. The van der Waals surface area contributed by atoms with Gasteiger partial charge in [0.2, 0.25) is 0 Å². The van der Waals surface area contributed by atoms with Gasteiger partial charge in [-0.05, 0) is 35.6 Å². The predicted molar refractivity (Wildman–Crippen MR) is 80.9 cm³/mol. The molecule has 1 unspecified atom stereocenters. The molecule has 1 rings (SSSR count). The minimum Gasteiger partial charge on any atom is -0.396 e. The van der Waals surface area contributed by atoms with E-state index >= 15 is 0 Å². The zero-order valence-corrected chi connectivity index (χ0v) is 13.5. The average Bonchev–Trinajstić information content (AvgIpc) is 2.27. The van der Waals surface area contributed by atoms with E-state index in [1.54, 1.807) is 0 Å². The van der Waals surface area contributed by atoms with Gasteiger partial charge in [-0.3, -0.25) is 0 Å². The number of hydrogen-bond donors (Lipinski definition) is 2. The topological polar surface area (TPSA) is 32.3 Å². The molecule has 18 heavy (non-hydrogen) atoms. The second-order valence-electron chi connectivity index (χ2n) is 5.55. The molecule has 0 radical (unpaired) electrons. The van der Waals surface area contributed by atoms with Gasteiger partial charge >= 0.3 is 0 Å². The van der Waals surface area contributed by atoms with Crippen LogP contribution in [0, 0.1) is 5.41 Å². The van der Waals surface area contributed by atoms with Crippen molar-refractivity contribution in [3.63, 3.8) is 0 Å². The first-order chi connectivity index (χ1) is 8.34. The Hall–Kier alpha value is -0.0900. The van der Waals surface area contributed by atoms with Crippen LogP contribution in [0.25, 0.3) is 0 Å². The lowest BCUT2D eigenvalue weighted by atomic mass is 9.85. The van der Waals surface area contributed by atoms with Crippen LogP contribution in [0.15, 0.2) is 22.7 Å². The van der Waals surface area contributed by atoms with Gasteiger partial charge < -0.3 is 10.4 Å². The van der Waals surface area contributed by atoms with Crippen LogP contribution in [0.3, 0.4) is 0 Å². The molecule has 0 spiro atoms. The number of halogens is 2. The van der Waals surface area contributed by atoms with Gasteiger partial charge in [0.15, 0.2) is 0 Å². The summed E-state index contributed by atoms with van der Waals surface area (Å²) in [4.78, 5) is 0. The minimum atomic E-state index is 0.112. The number of benzene rings is 1. The van der Waals surface area contributed by atoms with E-state index in [9.17, 15) is 0 Å². The molecule has 2 nitrogen and oxygen atoms in total. The van der Waals surface area contributed by atoms with E-state index in [0.29, 0.717) is 6.54 Å². The summed E-state index contributed by atoms with van der Waals surface area (Å²) < 4.78 is 1.03. The summed E-state index contributed by atoms with van der Waals surface area (Å²) in [6, 6.07) is 6.10. The standard InChI is InChI=1S/C14H21BrClNO/c1-14(2,3)13(6-7-18)17-9-10-8-11(15)4-5-12(10)16/h4-5,8,13,17-18H,6-7,9H2,1-3H3. The second kappa shape index (κ2) is 6.90. The SMILES string of the molecule is CC(C)(C)C(CCO)NCc1cc(Br)ccc1Cl. The van der Waals surface area contributed by atoms with E-state index in [4.69, 9.17) is 16.7 Å². The van der Waals surface area contributed by atoms with Crippen molar-refractivity contribution in [3.8, 4) is 0 Å². The first-order valence-electron chi connectivity index (χ1n) is 6.12. The van der Waals surface area contributed by atoms with E-state index in [0.717, 1.165) is 21.5 Å². The molecule has 0 aliphatic rings. The van der Waals surface area contributed by atoms with Crippen molar-refractivity contribution in [1.82, 2.24) is 5.32 Å². The molecule has 1 atom stereocenters. The molecule has 1 aromatic rings. The van der Waals surface area contributed by atoms with Gasteiger partial charge in [-0.2, -0.15) is 0 Å². The highest BCUT2D eigenvalue weighted by atomic mass is 79.9. The van der Waals surface area contributed by atoms with Gasteiger partial charge in [0.1, 0.15) is 0 Å². The molecule has 0 heterocycles. The Kier molecular flexibility index (Phi) is 6.12. The van der Waals surface area contributed by atoms with Gasteiger partial charge in [-0.1, -0.05) is 48.3 Å². The molecular formula is C14H21BrClNO. The summed E-state index contributed by atoms with van der Waals surface area (Å²) in [6.45, 7) is 7.41. The Morgan fingerprint density at radius 1 is 1.39 bits per heavy atom. The molecule has 0 amide bonds. The highest BCUT2D eigenvalue weighted by molar-refractivity contribution is 9.10. The van der Waals surface area contributed by atoms with E-state index in [-0.39, 0.29) is 18.1 Å². The third-order valence-electron chi connectivity index (χ3n) is 3.01. The molecule has 0 aliphatic heterocycles. The summed E-state index contributed by atoms with van der Waals surface area (Å²) in [5, 5.41) is 13.4. The maximum Gasteiger partial charge on any atom is 0.0451 e. The van der Waals surface area contributed by atoms with Crippen LogP contribution in [-0.2, 0) is 6.54 Å². The number of rotatable bonds is 5. The molecule has 0 aromatic heterocycles. The Morgan fingerprint density at radius 2 is 2.06 bits per heavy atom. The highest BCUT2D eigenvalue weighted by Crippen LogP contribution is 2.24. The maximum absolute atomic E-state index is 9.12. The summed E-state index contributed by atoms with van der Waals surface area (Å²) in [7, 11) is 0. The fourth-order valence-corrected chi connectivity index (χ4v) is 2.48. The van der Waals surface area contributed by atoms with Gasteiger partial charge in [0.25, 0.3) is 0 Å². The van der Waals surface area contributed by atoms with Crippen LogP contribution in [0.5, 0.6) is 0 Å². The average molecular weight is 335 g/mol. The number of aliphatic hydroxyl groups excluding tert-OH is 1. The largest absolute Gasteiger partial charge is 0.396 e. The van der Waals surface area contributed by atoms with Crippen molar-refractivity contribution >= 4 is 27.5 Å². The molecule has 4 heteroatoms. The first kappa shape index (κ1) is 16.0. The molecule has 0 bridgehead atoms. The third-order valence-corrected chi connectivity index (χ3v) is 3.87. The summed E-state index contributed by atoms with van der Waals surface area (Å²) in [5.74, 6) is 0. The van der Waals surface area contributed by atoms with Crippen molar-refractivity contribution in [2.24, 2.45) is 5.41 Å².